The van der Waals surface area contributed by atoms with E-state index in [-0.39, 0.29) is 36.8 Å². The smallest absolute Gasteiger partial charge is 0.672 e. The van der Waals surface area contributed by atoms with E-state index in [1.54, 1.807) is 0 Å². The maximum absolute atomic E-state index is 8.52. The van der Waals surface area contributed by atoms with Gasteiger partial charge in [-0.05, 0) is 0 Å². The molecule has 0 fully saturated rings. The maximum atomic E-state index is 8.52. The van der Waals surface area contributed by atoms with Crippen LogP contribution in [0.2, 0.25) is 0 Å². The van der Waals surface area contributed by atoms with Crippen LogP contribution < -0.4 is 9.59 Å². The fourth-order valence-corrected chi connectivity index (χ4v) is 0. The zero-order chi connectivity index (χ0) is 3.58. The summed E-state index contributed by atoms with van der Waals surface area (Å²) in [6.07, 6.45) is 0. The van der Waals surface area contributed by atoms with Crippen molar-refractivity contribution in [1.82, 2.24) is 0 Å². The Kier molecular flexibility index (Phi) is 24.4. The average Bonchev–Trinajstić information content (AvgIpc) is 0.811. The van der Waals surface area contributed by atoms with Crippen molar-refractivity contribution in [2.24, 2.45) is 0 Å². The van der Waals surface area contributed by atoms with Crippen LogP contribution in [0, 0.1) is 0 Å². The van der Waals surface area contributed by atoms with Crippen molar-refractivity contribution in [2.75, 3.05) is 0 Å². The van der Waals surface area contributed by atoms with Gasteiger partial charge in [0.1, 0.15) is 0 Å². The molecule has 0 atom stereocenters. The molecule has 0 N–H and O–H groups in total. The second-order valence-corrected chi connectivity index (χ2v) is 0.750. The van der Waals surface area contributed by atoms with Crippen molar-refractivity contribution < 1.29 is 33.5 Å². The molecular formula is AlO3SiZn+3. The number of rotatable bonds is 0. The van der Waals surface area contributed by atoms with E-state index in [1.807, 2.05) is 0 Å². The normalized spacial score (nSPS) is 4.00. The first-order valence-electron chi connectivity index (χ1n) is 0.612. The SMILES string of the molecule is O=[Si]([O-])[O-].[Al+3].[Zn+2]. The van der Waals surface area contributed by atoms with Gasteiger partial charge < -0.3 is 14.1 Å². The van der Waals surface area contributed by atoms with Gasteiger partial charge in [-0.3, -0.25) is 0 Å². The summed E-state index contributed by atoms with van der Waals surface area (Å²) in [5.74, 6) is 0. The molecule has 6 heavy (non-hydrogen) atoms. The van der Waals surface area contributed by atoms with E-state index >= 15 is 0 Å². The van der Waals surface area contributed by atoms with Gasteiger partial charge in [0.05, 0.1) is 0 Å². The standard InChI is InChI=1S/Al.O3Si.Zn/c;1-4(2)3;/q+3;-2;+2. The first-order valence-corrected chi connectivity index (χ1v) is 1.84. The summed E-state index contributed by atoms with van der Waals surface area (Å²) in [5.41, 5.74) is 0. The van der Waals surface area contributed by atoms with Gasteiger partial charge in [0.25, 0.3) is 0 Å². The molecule has 6 heteroatoms. The molecule has 24 valence electrons. The quantitative estimate of drug-likeness (QED) is 0.357. The van der Waals surface area contributed by atoms with Crippen molar-refractivity contribution in [2.45, 2.75) is 0 Å². The molecule has 0 aromatic heterocycles. The summed E-state index contributed by atoms with van der Waals surface area (Å²) >= 11 is 0. The average molecular weight is 168 g/mol. The fourth-order valence-electron chi connectivity index (χ4n) is 0. The zero-order valence-electron chi connectivity index (χ0n) is 3.01. The monoisotopic (exact) mass is 167 g/mol. The Morgan fingerprint density at radius 2 is 1.33 bits per heavy atom. The summed E-state index contributed by atoms with van der Waals surface area (Å²) in [6.45, 7) is 0. The first-order chi connectivity index (χ1) is 1.73. The molecule has 0 aliphatic heterocycles. The van der Waals surface area contributed by atoms with Crippen LogP contribution in [0.3, 0.4) is 0 Å². The van der Waals surface area contributed by atoms with Crippen LogP contribution >= 0.6 is 0 Å². The van der Waals surface area contributed by atoms with Gasteiger partial charge in [-0.25, -0.2) is 0 Å². The molecule has 0 aromatic rings. The van der Waals surface area contributed by atoms with Crippen molar-refractivity contribution in [3.05, 3.63) is 0 Å². The number of hydrogen-bond acceptors (Lipinski definition) is 3. The fraction of sp³-hybridized carbons (Fsp3) is 0. The van der Waals surface area contributed by atoms with E-state index in [4.69, 9.17) is 14.1 Å². The molecule has 0 radical (unpaired) electrons. The summed E-state index contributed by atoms with van der Waals surface area (Å²) < 4.78 is 8.52. The van der Waals surface area contributed by atoms with E-state index in [0.29, 0.717) is 0 Å². The third kappa shape index (κ3) is 114. The molecule has 0 aromatic carbocycles. The molecule has 0 heterocycles. The predicted molar refractivity (Wildman–Crippen MR) is 12.2 cm³/mol. The van der Waals surface area contributed by atoms with Gasteiger partial charge in [0.2, 0.25) is 0 Å². The van der Waals surface area contributed by atoms with Crippen LogP contribution in [0.15, 0.2) is 0 Å². The van der Waals surface area contributed by atoms with E-state index in [9.17, 15) is 0 Å². The molecule has 0 unspecified atom stereocenters. The molecule has 0 amide bonds. The van der Waals surface area contributed by atoms with E-state index in [0.717, 1.165) is 0 Å². The van der Waals surface area contributed by atoms with Gasteiger partial charge in [0.15, 0.2) is 0 Å². The van der Waals surface area contributed by atoms with E-state index in [1.165, 1.54) is 0 Å². The van der Waals surface area contributed by atoms with Crippen LogP contribution in [0.1, 0.15) is 0 Å². The Labute approximate surface area is 60.2 Å². The van der Waals surface area contributed by atoms with Crippen LogP contribution in [0.5, 0.6) is 0 Å². The minimum absolute atomic E-state index is 0. The molecule has 0 bridgehead atoms. The Hall–Kier alpha value is 0.773. The topological polar surface area (TPSA) is 63.2 Å². The molecule has 0 spiro atoms. The second kappa shape index (κ2) is 9.24. The molecular weight excluding hydrogens is 168 g/mol. The molecule has 0 aliphatic rings. The largest absolute Gasteiger partial charge is 3.00 e. The van der Waals surface area contributed by atoms with E-state index < -0.39 is 9.17 Å². The minimum Gasteiger partial charge on any atom is -0.672 e. The first kappa shape index (κ1) is 15.9. The van der Waals surface area contributed by atoms with Crippen LogP contribution in [-0.2, 0) is 23.9 Å². The number of hydrogen-bond donors (Lipinski definition) is 0. The third-order valence-electron chi connectivity index (χ3n) is 0. The van der Waals surface area contributed by atoms with Gasteiger partial charge in [-0.2, -0.15) is 0 Å². The van der Waals surface area contributed by atoms with Crippen LogP contribution in [-0.4, -0.2) is 26.5 Å². The molecule has 0 rings (SSSR count). The summed E-state index contributed by atoms with van der Waals surface area (Å²) in [6, 6.07) is 0. The summed E-state index contributed by atoms with van der Waals surface area (Å²) in [5, 5.41) is 0. The van der Waals surface area contributed by atoms with E-state index in [2.05, 4.69) is 0 Å². The Morgan fingerprint density at radius 3 is 1.33 bits per heavy atom. The molecule has 0 saturated heterocycles. The molecule has 0 aliphatic carbocycles. The maximum Gasteiger partial charge on any atom is 3.00 e. The third-order valence-corrected chi connectivity index (χ3v) is 0. The molecule has 0 saturated carbocycles. The van der Waals surface area contributed by atoms with Gasteiger partial charge in [0, 0.05) is 9.17 Å². The Balaban J connectivity index is -0.0000000450. The Morgan fingerprint density at radius 1 is 1.33 bits per heavy atom. The van der Waals surface area contributed by atoms with Crippen LogP contribution in [0.25, 0.3) is 0 Å². The predicted octanol–water partition coefficient (Wildman–Crippen LogP) is -3.26. The van der Waals surface area contributed by atoms with Gasteiger partial charge >= 0.3 is 36.8 Å². The zero-order valence-corrected chi connectivity index (χ0v) is 8.13. The van der Waals surface area contributed by atoms with Gasteiger partial charge in [-0.15, -0.1) is 0 Å². The molecule has 3 nitrogen and oxygen atoms in total. The van der Waals surface area contributed by atoms with Crippen molar-refractivity contribution in [3.8, 4) is 0 Å². The van der Waals surface area contributed by atoms with Crippen molar-refractivity contribution in [1.29, 1.82) is 0 Å². The Bertz CT molecular complexity index is 33.8. The van der Waals surface area contributed by atoms with Crippen LogP contribution in [0.4, 0.5) is 0 Å². The van der Waals surface area contributed by atoms with Crippen molar-refractivity contribution >= 4 is 26.5 Å². The second-order valence-electron chi connectivity index (χ2n) is 0.250. The summed E-state index contributed by atoms with van der Waals surface area (Å²) in [4.78, 5) is 17.0. The summed E-state index contributed by atoms with van der Waals surface area (Å²) in [7, 11) is -3.63. The van der Waals surface area contributed by atoms with Crippen molar-refractivity contribution in [3.63, 3.8) is 0 Å². The van der Waals surface area contributed by atoms with Gasteiger partial charge in [-0.1, -0.05) is 0 Å². The minimum atomic E-state index is -3.63.